The zero-order valence-corrected chi connectivity index (χ0v) is 14.4. The van der Waals surface area contributed by atoms with Crippen molar-refractivity contribution in [3.8, 4) is 0 Å². The molecule has 0 spiro atoms. The summed E-state index contributed by atoms with van der Waals surface area (Å²) in [6.45, 7) is 1.37. The van der Waals surface area contributed by atoms with Gasteiger partial charge in [-0.1, -0.05) is 12.1 Å². The first-order valence-corrected chi connectivity index (χ1v) is 9.62. The predicted molar refractivity (Wildman–Crippen MR) is 89.5 cm³/mol. The lowest BCUT2D eigenvalue weighted by Gasteiger charge is -2.14. The Kier molecular flexibility index (Phi) is 5.80. The zero-order chi connectivity index (χ0) is 17.0. The van der Waals surface area contributed by atoms with Crippen LogP contribution in [0.3, 0.4) is 0 Å². The topological polar surface area (TPSA) is 66.4 Å². The highest BCUT2D eigenvalue weighted by Gasteiger charge is 2.19. The van der Waals surface area contributed by atoms with Crippen LogP contribution < -0.4 is 4.72 Å². The molecule has 7 heteroatoms. The summed E-state index contributed by atoms with van der Waals surface area (Å²) >= 11 is 1.58. The van der Waals surface area contributed by atoms with E-state index in [0.29, 0.717) is 11.1 Å². The molecule has 2 N–H and O–H groups in total. The van der Waals surface area contributed by atoms with E-state index in [1.807, 2.05) is 18.4 Å². The lowest BCUT2D eigenvalue weighted by Crippen LogP contribution is -2.29. The van der Waals surface area contributed by atoms with E-state index < -0.39 is 21.9 Å². The largest absolute Gasteiger partial charge is 0.387 e. The van der Waals surface area contributed by atoms with E-state index in [0.717, 1.165) is 17.0 Å². The summed E-state index contributed by atoms with van der Waals surface area (Å²) in [6.07, 6.45) is 0.992. The molecule has 0 aliphatic rings. The van der Waals surface area contributed by atoms with Crippen molar-refractivity contribution in [2.45, 2.75) is 22.8 Å². The standard InChI is InChI=1S/C16H18FNO3S2/c1-11-9-13(17)5-8-16(11)23(20,21)18-10-15(19)12-3-6-14(22-2)7-4-12/h3-9,15,18-19H,10H2,1-2H3. The average Bonchev–Trinajstić information content (AvgIpc) is 2.52. The summed E-state index contributed by atoms with van der Waals surface area (Å²) in [5, 5.41) is 10.1. The van der Waals surface area contributed by atoms with Gasteiger partial charge in [-0.25, -0.2) is 17.5 Å². The highest BCUT2D eigenvalue weighted by atomic mass is 32.2. The second kappa shape index (κ2) is 7.44. The van der Waals surface area contributed by atoms with Crippen LogP contribution in [-0.2, 0) is 10.0 Å². The number of aryl methyl sites for hydroxylation is 1. The molecule has 0 aliphatic carbocycles. The molecule has 2 aromatic carbocycles. The van der Waals surface area contributed by atoms with Gasteiger partial charge in [-0.2, -0.15) is 0 Å². The number of sulfonamides is 1. The smallest absolute Gasteiger partial charge is 0.240 e. The number of hydrogen-bond donors (Lipinski definition) is 2. The molecule has 23 heavy (non-hydrogen) atoms. The van der Waals surface area contributed by atoms with Crippen LogP contribution in [0.5, 0.6) is 0 Å². The number of nitrogens with one attached hydrogen (secondary N) is 1. The van der Waals surface area contributed by atoms with Crippen molar-refractivity contribution in [1.29, 1.82) is 0 Å². The molecule has 0 saturated carbocycles. The molecule has 1 atom stereocenters. The fourth-order valence-electron chi connectivity index (χ4n) is 2.12. The Hall–Kier alpha value is -1.41. The molecule has 2 rings (SSSR count). The SMILES string of the molecule is CSc1ccc(C(O)CNS(=O)(=O)c2ccc(F)cc2C)cc1. The maximum absolute atomic E-state index is 13.1. The van der Waals surface area contributed by atoms with Crippen molar-refractivity contribution in [3.63, 3.8) is 0 Å². The van der Waals surface area contributed by atoms with Crippen LogP contribution in [0.2, 0.25) is 0 Å². The summed E-state index contributed by atoms with van der Waals surface area (Å²) < 4.78 is 39.9. The van der Waals surface area contributed by atoms with Gasteiger partial charge in [0, 0.05) is 11.4 Å². The molecule has 2 aromatic rings. The van der Waals surface area contributed by atoms with Gasteiger partial charge in [0.1, 0.15) is 5.82 Å². The number of hydrogen-bond acceptors (Lipinski definition) is 4. The van der Waals surface area contributed by atoms with E-state index in [4.69, 9.17) is 0 Å². The Balaban J connectivity index is 2.08. The fourth-order valence-corrected chi connectivity index (χ4v) is 3.80. The second-order valence-corrected chi connectivity index (χ2v) is 7.67. The number of rotatable bonds is 6. The predicted octanol–water partition coefficient (Wildman–Crippen LogP) is 2.87. The third kappa shape index (κ3) is 4.54. The van der Waals surface area contributed by atoms with E-state index in [-0.39, 0.29) is 11.4 Å². The lowest BCUT2D eigenvalue weighted by molar-refractivity contribution is 0.182. The number of aliphatic hydroxyl groups excluding tert-OH is 1. The fraction of sp³-hybridized carbons (Fsp3) is 0.250. The molecule has 0 saturated heterocycles. The van der Waals surface area contributed by atoms with Crippen molar-refractivity contribution >= 4 is 21.8 Å². The summed E-state index contributed by atoms with van der Waals surface area (Å²) in [4.78, 5) is 1.06. The Morgan fingerprint density at radius 3 is 2.43 bits per heavy atom. The number of thioether (sulfide) groups is 1. The second-order valence-electron chi connectivity index (χ2n) is 5.05. The van der Waals surface area contributed by atoms with Gasteiger partial charge in [0.2, 0.25) is 10.0 Å². The summed E-state index contributed by atoms with van der Waals surface area (Å²) in [7, 11) is -3.80. The van der Waals surface area contributed by atoms with Gasteiger partial charge >= 0.3 is 0 Å². The van der Waals surface area contributed by atoms with E-state index in [1.165, 1.54) is 13.0 Å². The van der Waals surface area contributed by atoms with Gasteiger partial charge < -0.3 is 5.11 Å². The Morgan fingerprint density at radius 1 is 1.22 bits per heavy atom. The minimum absolute atomic E-state index is 0.00355. The molecule has 0 bridgehead atoms. The third-order valence-electron chi connectivity index (χ3n) is 3.39. The summed E-state index contributed by atoms with van der Waals surface area (Å²) in [5.74, 6) is -0.490. The van der Waals surface area contributed by atoms with Gasteiger partial charge in [-0.05, 0) is 54.6 Å². The maximum Gasteiger partial charge on any atom is 0.240 e. The monoisotopic (exact) mass is 355 g/mol. The molecule has 1 unspecified atom stereocenters. The molecule has 0 radical (unpaired) electrons. The van der Waals surface area contributed by atoms with Gasteiger partial charge in [0.15, 0.2) is 0 Å². The maximum atomic E-state index is 13.1. The van der Waals surface area contributed by atoms with E-state index in [9.17, 15) is 17.9 Å². The lowest BCUT2D eigenvalue weighted by atomic mass is 10.1. The Labute approximate surface area is 139 Å². The van der Waals surface area contributed by atoms with Crippen molar-refractivity contribution < 1.29 is 17.9 Å². The highest BCUT2D eigenvalue weighted by Crippen LogP contribution is 2.20. The van der Waals surface area contributed by atoms with Crippen LogP contribution in [0.15, 0.2) is 52.3 Å². The van der Waals surface area contributed by atoms with Gasteiger partial charge in [0.25, 0.3) is 0 Å². The normalized spacial score (nSPS) is 13.0. The third-order valence-corrected chi connectivity index (χ3v) is 5.72. The minimum Gasteiger partial charge on any atom is -0.387 e. The molecular weight excluding hydrogens is 337 g/mol. The Bertz CT molecular complexity index is 776. The zero-order valence-electron chi connectivity index (χ0n) is 12.8. The molecule has 4 nitrogen and oxygen atoms in total. The molecule has 0 amide bonds. The molecule has 0 heterocycles. The molecule has 124 valence electrons. The minimum atomic E-state index is -3.80. The molecule has 0 aromatic heterocycles. The summed E-state index contributed by atoms with van der Waals surface area (Å²) in [5.41, 5.74) is 0.942. The van der Waals surface area contributed by atoms with Crippen LogP contribution in [-0.4, -0.2) is 26.3 Å². The van der Waals surface area contributed by atoms with Crippen molar-refractivity contribution in [3.05, 3.63) is 59.4 Å². The van der Waals surface area contributed by atoms with Crippen molar-refractivity contribution in [1.82, 2.24) is 4.72 Å². The van der Waals surface area contributed by atoms with Crippen LogP contribution >= 0.6 is 11.8 Å². The van der Waals surface area contributed by atoms with E-state index in [2.05, 4.69) is 4.72 Å². The quantitative estimate of drug-likeness (QED) is 0.782. The first-order chi connectivity index (χ1) is 10.8. The van der Waals surface area contributed by atoms with Gasteiger partial charge in [-0.15, -0.1) is 11.8 Å². The number of aliphatic hydroxyl groups is 1. The van der Waals surface area contributed by atoms with Crippen LogP contribution in [0.4, 0.5) is 4.39 Å². The van der Waals surface area contributed by atoms with Crippen molar-refractivity contribution in [2.24, 2.45) is 0 Å². The van der Waals surface area contributed by atoms with Crippen LogP contribution in [0.25, 0.3) is 0 Å². The highest BCUT2D eigenvalue weighted by molar-refractivity contribution is 7.98. The van der Waals surface area contributed by atoms with Gasteiger partial charge in [-0.3, -0.25) is 0 Å². The number of benzene rings is 2. The first kappa shape index (κ1) is 17.9. The first-order valence-electron chi connectivity index (χ1n) is 6.91. The number of halogens is 1. The van der Waals surface area contributed by atoms with Crippen molar-refractivity contribution in [2.75, 3.05) is 12.8 Å². The van der Waals surface area contributed by atoms with Crippen LogP contribution in [0.1, 0.15) is 17.2 Å². The summed E-state index contributed by atoms with van der Waals surface area (Å²) in [6, 6.07) is 10.7. The molecular formula is C16H18FNO3S2. The van der Waals surface area contributed by atoms with E-state index >= 15 is 0 Å². The Morgan fingerprint density at radius 2 is 1.87 bits per heavy atom. The van der Waals surface area contributed by atoms with E-state index in [1.54, 1.807) is 23.9 Å². The van der Waals surface area contributed by atoms with Gasteiger partial charge in [0.05, 0.1) is 11.0 Å². The molecule has 0 aliphatic heterocycles. The molecule has 0 fully saturated rings. The average molecular weight is 355 g/mol. The van der Waals surface area contributed by atoms with Crippen LogP contribution in [0, 0.1) is 12.7 Å².